The molecule has 0 saturated heterocycles. The molecule has 0 atom stereocenters. The van der Waals surface area contributed by atoms with E-state index in [2.05, 4.69) is 38.2 Å². The number of nitrogens with one attached hydrogen (secondary N) is 1. The average molecular weight is 353 g/mol. The van der Waals surface area contributed by atoms with E-state index < -0.39 is 0 Å². The second-order valence-electron chi connectivity index (χ2n) is 6.96. The summed E-state index contributed by atoms with van der Waals surface area (Å²) in [6.45, 7) is 8.23. The van der Waals surface area contributed by atoms with Crippen LogP contribution in [0.5, 0.6) is 11.5 Å². The van der Waals surface area contributed by atoms with Gasteiger partial charge in [0.1, 0.15) is 13.2 Å². The van der Waals surface area contributed by atoms with Crippen molar-refractivity contribution in [3.8, 4) is 11.5 Å². The maximum atomic E-state index is 12.2. The Kier molecular flexibility index (Phi) is 5.82. The van der Waals surface area contributed by atoms with Crippen molar-refractivity contribution in [3.63, 3.8) is 0 Å². The van der Waals surface area contributed by atoms with Gasteiger partial charge >= 0.3 is 0 Å². The van der Waals surface area contributed by atoms with Crippen molar-refractivity contribution in [1.29, 1.82) is 0 Å². The van der Waals surface area contributed by atoms with Crippen LogP contribution in [0.4, 0.5) is 0 Å². The summed E-state index contributed by atoms with van der Waals surface area (Å²) in [5.41, 5.74) is 6.31. The Morgan fingerprint density at radius 1 is 0.962 bits per heavy atom. The SMILES string of the molecule is Cc1cc(C)c(CCNC(=O)CCc2ccc3c(c2)OCCO3)c(C)c1. The normalized spacial score (nSPS) is 12.7. The molecule has 0 aliphatic carbocycles. The summed E-state index contributed by atoms with van der Waals surface area (Å²) < 4.78 is 11.1. The van der Waals surface area contributed by atoms with Gasteiger partial charge in [0.05, 0.1) is 0 Å². The molecule has 2 aromatic rings. The van der Waals surface area contributed by atoms with E-state index in [4.69, 9.17) is 9.47 Å². The molecule has 1 amide bonds. The zero-order valence-electron chi connectivity index (χ0n) is 15.9. The maximum Gasteiger partial charge on any atom is 0.220 e. The fourth-order valence-corrected chi connectivity index (χ4v) is 3.52. The summed E-state index contributed by atoms with van der Waals surface area (Å²) in [6, 6.07) is 10.3. The van der Waals surface area contributed by atoms with Crippen LogP contribution in [0.25, 0.3) is 0 Å². The molecule has 0 bridgehead atoms. The number of benzene rings is 2. The Labute approximate surface area is 155 Å². The van der Waals surface area contributed by atoms with Gasteiger partial charge in [0, 0.05) is 13.0 Å². The first-order valence-corrected chi connectivity index (χ1v) is 9.25. The van der Waals surface area contributed by atoms with Gasteiger partial charge < -0.3 is 14.8 Å². The molecular formula is C22H27NO3. The van der Waals surface area contributed by atoms with E-state index >= 15 is 0 Å². The first-order valence-electron chi connectivity index (χ1n) is 9.25. The average Bonchev–Trinajstić information content (AvgIpc) is 2.62. The Morgan fingerprint density at radius 3 is 2.38 bits per heavy atom. The molecule has 1 N–H and O–H groups in total. The Hall–Kier alpha value is -2.49. The Balaban J connectivity index is 1.46. The van der Waals surface area contributed by atoms with Crippen molar-refractivity contribution in [2.24, 2.45) is 0 Å². The molecule has 1 aliphatic heterocycles. The zero-order chi connectivity index (χ0) is 18.5. The summed E-state index contributed by atoms with van der Waals surface area (Å²) in [5.74, 6) is 1.65. The van der Waals surface area contributed by atoms with Crippen molar-refractivity contribution in [3.05, 3.63) is 58.1 Å². The number of aryl methyl sites for hydroxylation is 4. The number of carbonyl (C=O) groups is 1. The van der Waals surface area contributed by atoms with Gasteiger partial charge in [-0.25, -0.2) is 0 Å². The molecule has 138 valence electrons. The first-order chi connectivity index (χ1) is 12.5. The van der Waals surface area contributed by atoms with Crippen LogP contribution in [-0.4, -0.2) is 25.7 Å². The van der Waals surface area contributed by atoms with Crippen LogP contribution in [-0.2, 0) is 17.6 Å². The highest BCUT2D eigenvalue weighted by Crippen LogP contribution is 2.31. The summed E-state index contributed by atoms with van der Waals surface area (Å²) in [6.07, 6.45) is 2.05. The predicted molar refractivity (Wildman–Crippen MR) is 103 cm³/mol. The second kappa shape index (κ2) is 8.26. The number of amides is 1. The van der Waals surface area contributed by atoms with Gasteiger partial charge in [-0.3, -0.25) is 4.79 Å². The third-order valence-corrected chi connectivity index (χ3v) is 4.78. The van der Waals surface area contributed by atoms with E-state index in [0.717, 1.165) is 23.5 Å². The maximum absolute atomic E-state index is 12.2. The van der Waals surface area contributed by atoms with Crippen molar-refractivity contribution in [2.75, 3.05) is 19.8 Å². The largest absolute Gasteiger partial charge is 0.486 e. The van der Waals surface area contributed by atoms with Crippen molar-refractivity contribution in [1.82, 2.24) is 5.32 Å². The quantitative estimate of drug-likeness (QED) is 0.862. The van der Waals surface area contributed by atoms with Crippen LogP contribution < -0.4 is 14.8 Å². The molecule has 0 unspecified atom stereocenters. The summed E-state index contributed by atoms with van der Waals surface area (Å²) in [4.78, 5) is 12.2. The molecule has 3 rings (SSSR count). The Morgan fingerprint density at radius 2 is 1.65 bits per heavy atom. The highest BCUT2D eigenvalue weighted by atomic mass is 16.6. The zero-order valence-corrected chi connectivity index (χ0v) is 15.9. The molecule has 4 heteroatoms. The molecule has 4 nitrogen and oxygen atoms in total. The first kappa shape index (κ1) is 18.3. The highest BCUT2D eigenvalue weighted by molar-refractivity contribution is 5.76. The standard InChI is InChI=1S/C22H27NO3/c1-15-12-16(2)19(17(3)13-15)8-9-23-22(24)7-5-18-4-6-20-21(14-18)26-11-10-25-20/h4,6,12-14H,5,7-11H2,1-3H3,(H,23,24). The molecule has 1 heterocycles. The van der Waals surface area contributed by atoms with Crippen LogP contribution >= 0.6 is 0 Å². The van der Waals surface area contributed by atoms with Crippen molar-refractivity contribution in [2.45, 2.75) is 40.0 Å². The minimum atomic E-state index is 0.0855. The number of rotatable bonds is 6. The van der Waals surface area contributed by atoms with E-state index in [-0.39, 0.29) is 5.91 Å². The third kappa shape index (κ3) is 4.57. The number of hydrogen-bond donors (Lipinski definition) is 1. The number of carbonyl (C=O) groups excluding carboxylic acids is 1. The van der Waals surface area contributed by atoms with E-state index in [1.54, 1.807) is 0 Å². The van der Waals surface area contributed by atoms with Gasteiger partial charge in [-0.2, -0.15) is 0 Å². The molecule has 26 heavy (non-hydrogen) atoms. The fourth-order valence-electron chi connectivity index (χ4n) is 3.52. The topological polar surface area (TPSA) is 47.6 Å². The van der Waals surface area contributed by atoms with Crippen LogP contribution in [0.3, 0.4) is 0 Å². The molecule has 0 spiro atoms. The smallest absolute Gasteiger partial charge is 0.220 e. The minimum Gasteiger partial charge on any atom is -0.486 e. The molecule has 2 aromatic carbocycles. The lowest BCUT2D eigenvalue weighted by molar-refractivity contribution is -0.121. The summed E-state index contributed by atoms with van der Waals surface area (Å²) in [7, 11) is 0. The van der Waals surface area contributed by atoms with E-state index in [1.807, 2.05) is 18.2 Å². The van der Waals surface area contributed by atoms with Gasteiger partial charge in [0.25, 0.3) is 0 Å². The predicted octanol–water partition coefficient (Wildman–Crippen LogP) is 3.67. The van der Waals surface area contributed by atoms with Crippen molar-refractivity contribution < 1.29 is 14.3 Å². The molecule has 0 radical (unpaired) electrons. The van der Waals surface area contributed by atoms with Crippen LogP contribution in [0.15, 0.2) is 30.3 Å². The molecule has 0 fully saturated rings. The molecule has 1 aliphatic rings. The second-order valence-corrected chi connectivity index (χ2v) is 6.96. The van der Waals surface area contributed by atoms with Crippen LogP contribution in [0.2, 0.25) is 0 Å². The molecular weight excluding hydrogens is 326 g/mol. The fraction of sp³-hybridized carbons (Fsp3) is 0.409. The van der Waals surface area contributed by atoms with Gasteiger partial charge in [-0.1, -0.05) is 23.8 Å². The number of fused-ring (bicyclic) bond motifs is 1. The Bertz CT molecular complexity index is 775. The minimum absolute atomic E-state index is 0.0855. The van der Waals surface area contributed by atoms with Crippen LogP contribution in [0.1, 0.15) is 34.2 Å². The van der Waals surface area contributed by atoms with Gasteiger partial charge in [0.15, 0.2) is 11.5 Å². The van der Waals surface area contributed by atoms with E-state index in [0.29, 0.717) is 32.6 Å². The van der Waals surface area contributed by atoms with Gasteiger partial charge in [-0.05, 0) is 68.0 Å². The summed E-state index contributed by atoms with van der Waals surface area (Å²) >= 11 is 0. The lowest BCUT2D eigenvalue weighted by Crippen LogP contribution is -2.26. The van der Waals surface area contributed by atoms with E-state index in [1.165, 1.54) is 22.3 Å². The van der Waals surface area contributed by atoms with Gasteiger partial charge in [-0.15, -0.1) is 0 Å². The van der Waals surface area contributed by atoms with Crippen molar-refractivity contribution >= 4 is 5.91 Å². The lowest BCUT2D eigenvalue weighted by Gasteiger charge is -2.18. The number of ether oxygens (including phenoxy) is 2. The lowest BCUT2D eigenvalue weighted by atomic mass is 9.97. The molecule has 0 aromatic heterocycles. The third-order valence-electron chi connectivity index (χ3n) is 4.78. The monoisotopic (exact) mass is 353 g/mol. The molecule has 0 saturated carbocycles. The number of hydrogen-bond acceptors (Lipinski definition) is 3. The highest BCUT2D eigenvalue weighted by Gasteiger charge is 2.12. The van der Waals surface area contributed by atoms with E-state index in [9.17, 15) is 4.79 Å². The summed E-state index contributed by atoms with van der Waals surface area (Å²) in [5, 5.41) is 3.04. The van der Waals surface area contributed by atoms with Crippen LogP contribution in [0, 0.1) is 20.8 Å². The van der Waals surface area contributed by atoms with Gasteiger partial charge in [0.2, 0.25) is 5.91 Å².